The monoisotopic (exact) mass is 368 g/mol. The van der Waals surface area contributed by atoms with Gasteiger partial charge in [-0.3, -0.25) is 19.4 Å². The number of hydrogen-bond donors (Lipinski definition) is 2. The van der Waals surface area contributed by atoms with E-state index in [1.807, 2.05) is 0 Å². The van der Waals surface area contributed by atoms with Crippen LogP contribution in [0.1, 0.15) is 40.5 Å². The Morgan fingerprint density at radius 3 is 2.65 bits per heavy atom. The molecule has 1 unspecified atom stereocenters. The van der Waals surface area contributed by atoms with Crippen molar-refractivity contribution in [2.24, 2.45) is 5.92 Å². The summed E-state index contributed by atoms with van der Waals surface area (Å²) in [6, 6.07) is -0.353. The molecule has 0 aromatic heterocycles. The van der Waals surface area contributed by atoms with Gasteiger partial charge in [-0.15, -0.1) is 0 Å². The first-order valence-electron chi connectivity index (χ1n) is 9.91. The summed E-state index contributed by atoms with van der Waals surface area (Å²) in [6.45, 7) is 14.8. The molecule has 150 valence electrons. The highest BCUT2D eigenvalue weighted by molar-refractivity contribution is 5.88. The average Bonchev–Trinajstić information content (AvgIpc) is 2.61. The first-order valence-corrected chi connectivity index (χ1v) is 9.91. The number of carbonyl (C=O) groups excluding carboxylic acids is 2. The summed E-state index contributed by atoms with van der Waals surface area (Å²) in [7, 11) is 0. The molecule has 26 heavy (non-hydrogen) atoms. The van der Waals surface area contributed by atoms with Crippen LogP contribution < -0.4 is 10.6 Å². The average molecular weight is 369 g/mol. The molecule has 2 N–H and O–H groups in total. The van der Waals surface area contributed by atoms with Crippen LogP contribution in [0.4, 0.5) is 0 Å². The van der Waals surface area contributed by atoms with Gasteiger partial charge in [0.1, 0.15) is 0 Å². The van der Waals surface area contributed by atoms with Crippen LogP contribution >= 0.6 is 0 Å². The van der Waals surface area contributed by atoms with E-state index in [1.165, 1.54) is 0 Å². The molecule has 0 bridgehead atoms. The van der Waals surface area contributed by atoms with Crippen molar-refractivity contribution < 1.29 is 14.3 Å². The summed E-state index contributed by atoms with van der Waals surface area (Å²) >= 11 is 0. The van der Waals surface area contributed by atoms with Crippen molar-refractivity contribution in [1.82, 2.24) is 20.4 Å². The molecule has 0 radical (unpaired) electrons. The quantitative estimate of drug-likeness (QED) is 0.651. The van der Waals surface area contributed by atoms with Crippen LogP contribution in [0.5, 0.6) is 0 Å². The highest BCUT2D eigenvalue weighted by atomic mass is 16.5. The van der Waals surface area contributed by atoms with Crippen molar-refractivity contribution in [1.29, 1.82) is 0 Å². The van der Waals surface area contributed by atoms with E-state index in [0.29, 0.717) is 19.0 Å². The number of ether oxygens (including phenoxy) is 1. The van der Waals surface area contributed by atoms with E-state index in [-0.39, 0.29) is 29.8 Å². The molecule has 2 rings (SSSR count). The second-order valence-electron chi connectivity index (χ2n) is 8.42. The van der Waals surface area contributed by atoms with Crippen molar-refractivity contribution in [3.8, 4) is 0 Å². The summed E-state index contributed by atoms with van der Waals surface area (Å²) < 4.78 is 5.41. The van der Waals surface area contributed by atoms with Gasteiger partial charge in [0, 0.05) is 38.3 Å². The minimum Gasteiger partial charge on any atom is -0.379 e. The molecule has 0 spiro atoms. The lowest BCUT2D eigenvalue weighted by Gasteiger charge is -2.41. The van der Waals surface area contributed by atoms with E-state index in [1.54, 1.807) is 0 Å². The fourth-order valence-electron chi connectivity index (χ4n) is 3.52. The molecular formula is C19H36N4O3. The van der Waals surface area contributed by atoms with Crippen LogP contribution in [-0.2, 0) is 14.3 Å². The standard InChI is InChI=1S/C19H36N4O3/c1-15(2)5-7-22-8-6-20-18(25)16(22)13-17(24)21-14-19(3,4)23-9-11-26-12-10-23/h15-16H,5-14H2,1-4H3,(H,20,25)(H,21,24). The van der Waals surface area contributed by atoms with Gasteiger partial charge in [0.05, 0.1) is 25.7 Å². The Morgan fingerprint density at radius 2 is 2.00 bits per heavy atom. The summed E-state index contributed by atoms with van der Waals surface area (Å²) in [5, 5.41) is 5.94. The topological polar surface area (TPSA) is 73.9 Å². The lowest BCUT2D eigenvalue weighted by molar-refractivity contribution is -0.134. The molecule has 2 aliphatic rings. The Hall–Kier alpha value is -1.18. The second-order valence-corrected chi connectivity index (χ2v) is 8.42. The summed E-state index contributed by atoms with van der Waals surface area (Å²) in [5.74, 6) is 0.509. The van der Waals surface area contributed by atoms with E-state index in [4.69, 9.17) is 4.74 Å². The van der Waals surface area contributed by atoms with Gasteiger partial charge in [-0.2, -0.15) is 0 Å². The van der Waals surface area contributed by atoms with Gasteiger partial charge in [0.25, 0.3) is 0 Å². The summed E-state index contributed by atoms with van der Waals surface area (Å²) in [4.78, 5) is 29.3. The number of carbonyl (C=O) groups is 2. The fourth-order valence-corrected chi connectivity index (χ4v) is 3.52. The van der Waals surface area contributed by atoms with Crippen molar-refractivity contribution in [3.05, 3.63) is 0 Å². The van der Waals surface area contributed by atoms with E-state index < -0.39 is 0 Å². The largest absolute Gasteiger partial charge is 0.379 e. The van der Waals surface area contributed by atoms with Crippen LogP contribution in [0.25, 0.3) is 0 Å². The molecule has 2 aliphatic heterocycles. The zero-order valence-electron chi connectivity index (χ0n) is 16.8. The maximum Gasteiger partial charge on any atom is 0.237 e. The third-order valence-electron chi connectivity index (χ3n) is 5.40. The SMILES string of the molecule is CC(C)CCN1CCNC(=O)C1CC(=O)NCC(C)(C)N1CCOCC1. The molecule has 1 atom stereocenters. The number of hydrogen-bond acceptors (Lipinski definition) is 5. The molecule has 2 amide bonds. The maximum absolute atomic E-state index is 12.5. The third kappa shape index (κ3) is 6.21. The lowest BCUT2D eigenvalue weighted by Crippen LogP contribution is -2.58. The number of nitrogens with one attached hydrogen (secondary N) is 2. The van der Waals surface area contributed by atoms with Gasteiger partial charge in [-0.25, -0.2) is 0 Å². The van der Waals surface area contributed by atoms with E-state index >= 15 is 0 Å². The Bertz CT molecular complexity index is 475. The fraction of sp³-hybridized carbons (Fsp3) is 0.895. The molecule has 2 saturated heterocycles. The Kier molecular flexibility index (Phi) is 7.85. The minimum atomic E-state index is -0.353. The zero-order valence-corrected chi connectivity index (χ0v) is 16.8. The van der Waals surface area contributed by atoms with Crippen LogP contribution in [0.2, 0.25) is 0 Å². The first kappa shape index (κ1) is 21.1. The predicted molar refractivity (Wildman–Crippen MR) is 102 cm³/mol. The van der Waals surface area contributed by atoms with E-state index in [0.717, 1.165) is 45.8 Å². The first-order chi connectivity index (χ1) is 12.3. The van der Waals surface area contributed by atoms with E-state index in [2.05, 4.69) is 48.1 Å². The van der Waals surface area contributed by atoms with Crippen molar-refractivity contribution in [2.75, 3.05) is 52.5 Å². The Balaban J connectivity index is 1.84. The number of nitrogens with zero attached hydrogens (tertiary/aromatic N) is 2. The number of morpholine rings is 1. The smallest absolute Gasteiger partial charge is 0.237 e. The molecule has 0 saturated carbocycles. The Labute approximate surface area is 157 Å². The van der Waals surface area contributed by atoms with Gasteiger partial charge in [-0.05, 0) is 32.7 Å². The number of piperazine rings is 1. The number of amides is 2. The zero-order chi connectivity index (χ0) is 19.2. The highest BCUT2D eigenvalue weighted by Gasteiger charge is 2.33. The Morgan fingerprint density at radius 1 is 1.31 bits per heavy atom. The highest BCUT2D eigenvalue weighted by Crippen LogP contribution is 2.16. The molecule has 7 heteroatoms. The summed E-state index contributed by atoms with van der Waals surface area (Å²) in [5.41, 5.74) is -0.119. The second kappa shape index (κ2) is 9.67. The summed E-state index contributed by atoms with van der Waals surface area (Å²) in [6.07, 6.45) is 1.26. The normalized spacial score (nSPS) is 23.1. The van der Waals surface area contributed by atoms with Gasteiger partial charge in [-0.1, -0.05) is 13.8 Å². The molecule has 7 nitrogen and oxygen atoms in total. The lowest BCUT2D eigenvalue weighted by atomic mass is 10.0. The number of rotatable bonds is 8. The van der Waals surface area contributed by atoms with Crippen molar-refractivity contribution >= 4 is 11.8 Å². The van der Waals surface area contributed by atoms with Gasteiger partial charge < -0.3 is 15.4 Å². The third-order valence-corrected chi connectivity index (χ3v) is 5.40. The van der Waals surface area contributed by atoms with Crippen molar-refractivity contribution in [2.45, 2.75) is 52.1 Å². The van der Waals surface area contributed by atoms with Crippen LogP contribution in [0.3, 0.4) is 0 Å². The molecule has 0 aromatic rings. The molecular weight excluding hydrogens is 332 g/mol. The van der Waals surface area contributed by atoms with Gasteiger partial charge >= 0.3 is 0 Å². The molecule has 2 heterocycles. The van der Waals surface area contributed by atoms with E-state index in [9.17, 15) is 9.59 Å². The predicted octanol–water partition coefficient (Wildman–Crippen LogP) is 0.450. The molecule has 0 aromatic carbocycles. The van der Waals surface area contributed by atoms with Gasteiger partial charge in [0.15, 0.2) is 0 Å². The maximum atomic E-state index is 12.5. The minimum absolute atomic E-state index is 0.0254. The van der Waals surface area contributed by atoms with Crippen LogP contribution in [0.15, 0.2) is 0 Å². The van der Waals surface area contributed by atoms with Crippen molar-refractivity contribution in [3.63, 3.8) is 0 Å². The molecule has 0 aliphatic carbocycles. The van der Waals surface area contributed by atoms with Crippen LogP contribution in [0, 0.1) is 5.92 Å². The van der Waals surface area contributed by atoms with Crippen LogP contribution in [-0.4, -0.2) is 85.7 Å². The molecule has 2 fully saturated rings. The van der Waals surface area contributed by atoms with Gasteiger partial charge in [0.2, 0.25) is 11.8 Å².